The lowest BCUT2D eigenvalue weighted by Gasteiger charge is -2.12. The number of halogens is 1. The minimum atomic E-state index is -3.66. The molecule has 0 saturated heterocycles. The van der Waals surface area contributed by atoms with Crippen LogP contribution in [-0.2, 0) is 23.0 Å². The molecule has 4 N–H and O–H groups in total. The third-order valence-corrected chi connectivity index (χ3v) is 4.48. The number of nitrogens with two attached hydrogens (primary N) is 1. The average molecular weight is 364 g/mol. The van der Waals surface area contributed by atoms with Gasteiger partial charge in [-0.15, -0.1) is 0 Å². The van der Waals surface area contributed by atoms with Crippen LogP contribution in [0, 0.1) is 5.82 Å². The van der Waals surface area contributed by atoms with E-state index < -0.39 is 10.0 Å². The van der Waals surface area contributed by atoms with Crippen LogP contribution < -0.4 is 15.8 Å². The molecule has 2 aromatic carbocycles. The summed E-state index contributed by atoms with van der Waals surface area (Å²) in [7, 11) is -1.99. The molecule has 0 aliphatic rings. The van der Waals surface area contributed by atoms with Crippen LogP contribution in [0.2, 0.25) is 0 Å². The molecule has 0 unspecified atom stereocenters. The van der Waals surface area contributed by atoms with Crippen molar-refractivity contribution in [2.45, 2.75) is 17.9 Å². The molecule has 2 rings (SSSR count). The molecule has 134 valence electrons. The van der Waals surface area contributed by atoms with E-state index in [1.54, 1.807) is 31.3 Å². The number of nitrogens with zero attached hydrogens (tertiary/aromatic N) is 1. The number of rotatable bonds is 6. The highest BCUT2D eigenvalue weighted by Crippen LogP contribution is 2.09. The Morgan fingerprint density at radius 3 is 2.20 bits per heavy atom. The normalized spacial score (nSPS) is 12.0. The molecule has 0 fully saturated rings. The van der Waals surface area contributed by atoms with Crippen molar-refractivity contribution in [3.63, 3.8) is 0 Å². The minimum absolute atomic E-state index is 0.0981. The first kappa shape index (κ1) is 18.9. The smallest absolute Gasteiger partial charge is 0.238 e. The van der Waals surface area contributed by atoms with Gasteiger partial charge < -0.3 is 10.6 Å². The number of primary sulfonamides is 1. The van der Waals surface area contributed by atoms with E-state index in [1.165, 1.54) is 24.3 Å². The Morgan fingerprint density at radius 1 is 1.04 bits per heavy atom. The summed E-state index contributed by atoms with van der Waals surface area (Å²) in [6, 6.07) is 12.7. The number of guanidine groups is 1. The average Bonchev–Trinajstić information content (AvgIpc) is 2.59. The van der Waals surface area contributed by atoms with Gasteiger partial charge in [-0.2, -0.15) is 0 Å². The lowest BCUT2D eigenvalue weighted by atomic mass is 10.1. The first-order valence-electron chi connectivity index (χ1n) is 7.69. The molecule has 0 atom stereocenters. The van der Waals surface area contributed by atoms with Crippen molar-refractivity contribution in [1.82, 2.24) is 10.6 Å². The van der Waals surface area contributed by atoms with Crippen molar-refractivity contribution in [2.24, 2.45) is 10.1 Å². The molecule has 0 aromatic heterocycles. The third kappa shape index (κ3) is 6.17. The number of hydrogen-bond acceptors (Lipinski definition) is 3. The minimum Gasteiger partial charge on any atom is -0.356 e. The molecule has 0 spiro atoms. The molecule has 0 amide bonds. The Hall–Kier alpha value is -2.45. The molecular weight excluding hydrogens is 343 g/mol. The van der Waals surface area contributed by atoms with Gasteiger partial charge in [0.25, 0.3) is 0 Å². The summed E-state index contributed by atoms with van der Waals surface area (Å²) in [6.45, 7) is 1.15. The zero-order valence-corrected chi connectivity index (χ0v) is 14.7. The maximum atomic E-state index is 12.9. The van der Waals surface area contributed by atoms with Gasteiger partial charge in [-0.3, -0.25) is 4.99 Å². The fraction of sp³-hybridized carbons (Fsp3) is 0.235. The fourth-order valence-electron chi connectivity index (χ4n) is 2.18. The van der Waals surface area contributed by atoms with E-state index in [1.807, 2.05) is 0 Å². The Labute approximate surface area is 147 Å². The van der Waals surface area contributed by atoms with Gasteiger partial charge >= 0.3 is 0 Å². The summed E-state index contributed by atoms with van der Waals surface area (Å²) < 4.78 is 35.3. The molecule has 0 saturated carbocycles. The monoisotopic (exact) mass is 364 g/mol. The summed E-state index contributed by atoms with van der Waals surface area (Å²) in [5, 5.41) is 11.4. The van der Waals surface area contributed by atoms with Crippen LogP contribution in [-0.4, -0.2) is 28.0 Å². The topological polar surface area (TPSA) is 96.6 Å². The van der Waals surface area contributed by atoms with Gasteiger partial charge in [-0.05, 0) is 41.8 Å². The number of hydrogen-bond donors (Lipinski definition) is 3. The van der Waals surface area contributed by atoms with Crippen LogP contribution in [0.5, 0.6) is 0 Å². The van der Waals surface area contributed by atoms with E-state index in [-0.39, 0.29) is 10.7 Å². The van der Waals surface area contributed by atoms with Crippen molar-refractivity contribution < 1.29 is 12.8 Å². The van der Waals surface area contributed by atoms with Crippen molar-refractivity contribution in [3.05, 3.63) is 65.5 Å². The van der Waals surface area contributed by atoms with Crippen molar-refractivity contribution in [2.75, 3.05) is 13.6 Å². The Bertz CT molecular complexity index is 819. The van der Waals surface area contributed by atoms with Gasteiger partial charge in [0.1, 0.15) is 5.82 Å². The van der Waals surface area contributed by atoms with Gasteiger partial charge in [0, 0.05) is 20.1 Å². The fourth-order valence-corrected chi connectivity index (χ4v) is 2.70. The first-order valence-corrected chi connectivity index (χ1v) is 9.24. The summed E-state index contributed by atoms with van der Waals surface area (Å²) >= 11 is 0. The van der Waals surface area contributed by atoms with E-state index in [0.29, 0.717) is 25.5 Å². The number of sulfonamides is 1. The van der Waals surface area contributed by atoms with E-state index in [2.05, 4.69) is 15.6 Å². The van der Waals surface area contributed by atoms with E-state index >= 15 is 0 Å². The Balaban J connectivity index is 1.80. The van der Waals surface area contributed by atoms with Crippen LogP contribution in [0.15, 0.2) is 58.4 Å². The second kappa shape index (κ2) is 8.59. The number of aliphatic imine (C=N–C) groups is 1. The van der Waals surface area contributed by atoms with Gasteiger partial charge in [0.15, 0.2) is 5.96 Å². The van der Waals surface area contributed by atoms with E-state index in [0.717, 1.165) is 11.1 Å². The first-order chi connectivity index (χ1) is 11.9. The highest BCUT2D eigenvalue weighted by molar-refractivity contribution is 7.89. The van der Waals surface area contributed by atoms with Gasteiger partial charge in [0.2, 0.25) is 10.0 Å². The molecule has 0 aliphatic heterocycles. The van der Waals surface area contributed by atoms with Gasteiger partial charge in [-0.1, -0.05) is 24.3 Å². The van der Waals surface area contributed by atoms with Crippen LogP contribution in [0.4, 0.5) is 4.39 Å². The maximum absolute atomic E-state index is 12.9. The molecule has 0 radical (unpaired) electrons. The zero-order valence-electron chi connectivity index (χ0n) is 13.9. The molecule has 0 bridgehead atoms. The second-order valence-electron chi connectivity index (χ2n) is 5.42. The lowest BCUT2D eigenvalue weighted by molar-refractivity contribution is 0.597. The molecule has 6 nitrogen and oxygen atoms in total. The summed E-state index contributed by atoms with van der Waals surface area (Å²) in [6.07, 6.45) is 0.697. The standard InChI is InChI=1S/C17H21FN4O2S/c1-20-17(22-12-14-2-6-15(18)7-3-14)21-11-10-13-4-8-16(9-5-13)25(19,23)24/h2-9H,10-12H2,1H3,(H2,19,23,24)(H2,20,21,22). The van der Waals surface area contributed by atoms with Crippen LogP contribution in [0.3, 0.4) is 0 Å². The summed E-state index contributed by atoms with van der Waals surface area (Å²) in [4.78, 5) is 4.22. The number of nitrogens with one attached hydrogen (secondary N) is 2. The van der Waals surface area contributed by atoms with Crippen LogP contribution >= 0.6 is 0 Å². The van der Waals surface area contributed by atoms with Crippen molar-refractivity contribution in [3.8, 4) is 0 Å². The van der Waals surface area contributed by atoms with Crippen molar-refractivity contribution in [1.29, 1.82) is 0 Å². The highest BCUT2D eigenvalue weighted by atomic mass is 32.2. The van der Waals surface area contributed by atoms with Gasteiger partial charge in [-0.25, -0.2) is 17.9 Å². The summed E-state index contributed by atoms with van der Waals surface area (Å²) in [5.41, 5.74) is 1.93. The molecule has 25 heavy (non-hydrogen) atoms. The zero-order chi connectivity index (χ0) is 18.3. The quantitative estimate of drug-likeness (QED) is 0.533. The van der Waals surface area contributed by atoms with Crippen molar-refractivity contribution >= 4 is 16.0 Å². The Kier molecular flexibility index (Phi) is 6.49. The highest BCUT2D eigenvalue weighted by Gasteiger charge is 2.06. The summed E-state index contributed by atoms with van der Waals surface area (Å²) in [5.74, 6) is 0.366. The second-order valence-corrected chi connectivity index (χ2v) is 6.98. The third-order valence-electron chi connectivity index (χ3n) is 3.55. The molecule has 8 heteroatoms. The maximum Gasteiger partial charge on any atom is 0.238 e. The Morgan fingerprint density at radius 2 is 1.64 bits per heavy atom. The predicted molar refractivity (Wildman–Crippen MR) is 96.1 cm³/mol. The predicted octanol–water partition coefficient (Wildman–Crippen LogP) is 1.38. The van der Waals surface area contributed by atoms with Gasteiger partial charge in [0.05, 0.1) is 4.90 Å². The number of benzene rings is 2. The SMILES string of the molecule is CN=C(NCCc1ccc(S(N)(=O)=O)cc1)NCc1ccc(F)cc1. The largest absolute Gasteiger partial charge is 0.356 e. The van der Waals surface area contributed by atoms with E-state index in [4.69, 9.17) is 5.14 Å². The van der Waals surface area contributed by atoms with Crippen LogP contribution in [0.25, 0.3) is 0 Å². The molecule has 2 aromatic rings. The lowest BCUT2D eigenvalue weighted by Crippen LogP contribution is -2.37. The van der Waals surface area contributed by atoms with Crippen LogP contribution in [0.1, 0.15) is 11.1 Å². The van der Waals surface area contributed by atoms with E-state index in [9.17, 15) is 12.8 Å². The molecule has 0 aliphatic carbocycles. The molecule has 0 heterocycles. The molecular formula is C17H21FN4O2S.